The average Bonchev–Trinajstić information content (AvgIpc) is 2.59. The molecule has 0 aromatic heterocycles. The molecule has 0 radical (unpaired) electrons. The van der Waals surface area contributed by atoms with Crippen LogP contribution in [-0.2, 0) is 6.42 Å². The maximum Gasteiger partial charge on any atom is 0.301 e. The Morgan fingerprint density at radius 2 is 1.77 bits per heavy atom. The van der Waals surface area contributed by atoms with E-state index in [-0.39, 0.29) is 22.5 Å². The highest BCUT2D eigenvalue weighted by Crippen LogP contribution is 2.29. The number of hydrazone groups is 1. The van der Waals surface area contributed by atoms with Gasteiger partial charge >= 0.3 is 5.69 Å². The second kappa shape index (κ2) is 8.19. The third kappa shape index (κ3) is 5.37. The molecule has 8 nitrogen and oxygen atoms in total. The third-order valence-electron chi connectivity index (χ3n) is 3.83. The molecule has 0 aliphatic carbocycles. The van der Waals surface area contributed by atoms with Crippen LogP contribution in [0.1, 0.15) is 25.8 Å². The van der Waals surface area contributed by atoms with Gasteiger partial charge in [-0.2, -0.15) is 5.10 Å². The molecule has 8 heteroatoms. The van der Waals surface area contributed by atoms with Gasteiger partial charge in [0.05, 0.1) is 15.9 Å². The smallest absolute Gasteiger partial charge is 0.272 e. The van der Waals surface area contributed by atoms with Crippen LogP contribution in [0.4, 0.5) is 17.1 Å². The zero-order chi connectivity index (χ0) is 19.2. The Hall–Kier alpha value is -3.29. The van der Waals surface area contributed by atoms with E-state index < -0.39 is 9.85 Å². The van der Waals surface area contributed by atoms with Gasteiger partial charge in [-0.15, -0.1) is 0 Å². The molecule has 0 aliphatic heterocycles. The summed E-state index contributed by atoms with van der Waals surface area (Å²) in [5.41, 5.74) is 3.18. The molecule has 0 fully saturated rings. The van der Waals surface area contributed by atoms with E-state index in [2.05, 4.69) is 36.5 Å². The summed E-state index contributed by atoms with van der Waals surface area (Å²) in [5, 5.41) is 25.9. The summed E-state index contributed by atoms with van der Waals surface area (Å²) in [6.07, 6.45) is 3.20. The van der Waals surface area contributed by atoms with Crippen LogP contribution in [0.2, 0.25) is 0 Å². The Kier molecular flexibility index (Phi) is 6.00. The van der Waals surface area contributed by atoms with E-state index in [9.17, 15) is 20.2 Å². The molecule has 2 aromatic carbocycles. The maximum absolute atomic E-state index is 11.1. The lowest BCUT2D eigenvalue weighted by atomic mass is 9.83. The lowest BCUT2D eigenvalue weighted by molar-refractivity contribution is -0.393. The van der Waals surface area contributed by atoms with Crippen LogP contribution in [0.5, 0.6) is 0 Å². The van der Waals surface area contributed by atoms with Crippen molar-refractivity contribution in [3.05, 3.63) is 74.3 Å². The van der Waals surface area contributed by atoms with Crippen LogP contribution in [0.25, 0.3) is 0 Å². The molecule has 0 bridgehead atoms. The molecule has 0 amide bonds. The lowest BCUT2D eigenvalue weighted by Gasteiger charge is -2.22. The van der Waals surface area contributed by atoms with Crippen molar-refractivity contribution in [2.75, 3.05) is 5.43 Å². The van der Waals surface area contributed by atoms with Gasteiger partial charge in [0.1, 0.15) is 5.69 Å². The first-order valence-corrected chi connectivity index (χ1v) is 8.03. The zero-order valence-corrected chi connectivity index (χ0v) is 14.6. The molecule has 136 valence electrons. The molecule has 0 atom stereocenters. The molecule has 0 saturated carbocycles. The molecular formula is C18H20N4O4. The maximum atomic E-state index is 11.1. The molecule has 0 unspecified atom stereocenters. The molecule has 2 rings (SSSR count). The van der Waals surface area contributed by atoms with Crippen molar-refractivity contribution >= 4 is 23.3 Å². The Morgan fingerprint density at radius 3 is 2.38 bits per heavy atom. The van der Waals surface area contributed by atoms with Crippen LogP contribution in [0.15, 0.2) is 53.6 Å². The van der Waals surface area contributed by atoms with Crippen molar-refractivity contribution in [2.45, 2.75) is 26.7 Å². The highest BCUT2D eigenvalue weighted by atomic mass is 16.6. The fourth-order valence-electron chi connectivity index (χ4n) is 2.51. The minimum absolute atomic E-state index is 0.0338. The minimum Gasteiger partial charge on any atom is -0.272 e. The number of rotatable bonds is 8. The molecule has 26 heavy (non-hydrogen) atoms. The summed E-state index contributed by atoms with van der Waals surface area (Å²) >= 11 is 0. The summed E-state index contributed by atoms with van der Waals surface area (Å²) in [4.78, 5) is 20.5. The van der Waals surface area contributed by atoms with Gasteiger partial charge in [0.15, 0.2) is 0 Å². The number of nitrogens with one attached hydrogen (secondary N) is 1. The summed E-state index contributed by atoms with van der Waals surface area (Å²) in [7, 11) is 0. The number of nitro benzene ring substituents is 2. The van der Waals surface area contributed by atoms with E-state index in [1.807, 2.05) is 18.2 Å². The van der Waals surface area contributed by atoms with Crippen LogP contribution >= 0.6 is 0 Å². The normalized spacial score (nSPS) is 11.5. The number of non-ortho nitro benzene ring substituents is 1. The molecule has 0 heterocycles. The number of hydrogen-bond acceptors (Lipinski definition) is 6. The first kappa shape index (κ1) is 19.0. The fourth-order valence-corrected chi connectivity index (χ4v) is 2.51. The number of nitrogens with zero attached hydrogens (tertiary/aromatic N) is 3. The predicted octanol–water partition coefficient (Wildman–Crippen LogP) is 4.56. The van der Waals surface area contributed by atoms with E-state index in [0.717, 1.165) is 12.5 Å². The molecule has 1 N–H and O–H groups in total. The Morgan fingerprint density at radius 1 is 1.08 bits per heavy atom. The van der Waals surface area contributed by atoms with Gasteiger partial charge in [0, 0.05) is 12.3 Å². The van der Waals surface area contributed by atoms with Crippen molar-refractivity contribution in [1.82, 2.24) is 0 Å². The van der Waals surface area contributed by atoms with Gasteiger partial charge < -0.3 is 0 Å². The van der Waals surface area contributed by atoms with Crippen molar-refractivity contribution in [3.8, 4) is 0 Å². The van der Waals surface area contributed by atoms with Crippen molar-refractivity contribution in [2.24, 2.45) is 10.5 Å². The monoisotopic (exact) mass is 356 g/mol. The highest BCUT2D eigenvalue weighted by Gasteiger charge is 2.20. The Bertz CT molecular complexity index is 819. The number of anilines is 1. The summed E-state index contributed by atoms with van der Waals surface area (Å²) in [6, 6.07) is 13.5. The standard InChI is InChI=1S/C18H20N4O4/c1-18(2,13-14-6-4-3-5-7-14)10-11-19-20-16-9-8-15(21(23)24)12-17(16)22(25)26/h3-9,11-12,20H,10,13H2,1-2H3. The predicted molar refractivity (Wildman–Crippen MR) is 100 cm³/mol. The Labute approximate surface area is 150 Å². The van der Waals surface area contributed by atoms with Crippen molar-refractivity contribution in [3.63, 3.8) is 0 Å². The SMILES string of the molecule is CC(C)(CC=NNc1ccc([N+](=O)[O-])cc1[N+](=O)[O-])Cc1ccccc1. The lowest BCUT2D eigenvalue weighted by Crippen LogP contribution is -2.15. The van der Waals surface area contributed by atoms with Gasteiger partial charge in [-0.05, 0) is 29.9 Å². The highest BCUT2D eigenvalue weighted by molar-refractivity contribution is 5.67. The Balaban J connectivity index is 2.01. The topological polar surface area (TPSA) is 111 Å². The summed E-state index contributed by atoms with van der Waals surface area (Å²) in [6.45, 7) is 4.22. The van der Waals surface area contributed by atoms with Crippen molar-refractivity contribution < 1.29 is 9.85 Å². The molecule has 2 aromatic rings. The van der Waals surface area contributed by atoms with E-state index in [1.54, 1.807) is 6.21 Å². The van der Waals surface area contributed by atoms with Crippen LogP contribution in [-0.4, -0.2) is 16.1 Å². The average molecular weight is 356 g/mol. The van der Waals surface area contributed by atoms with Gasteiger partial charge in [0.25, 0.3) is 5.69 Å². The first-order valence-electron chi connectivity index (χ1n) is 8.03. The van der Waals surface area contributed by atoms with E-state index in [0.29, 0.717) is 6.42 Å². The van der Waals surface area contributed by atoms with Gasteiger partial charge in [-0.1, -0.05) is 44.2 Å². The van der Waals surface area contributed by atoms with Gasteiger partial charge in [-0.25, -0.2) is 0 Å². The largest absolute Gasteiger partial charge is 0.301 e. The zero-order valence-electron chi connectivity index (χ0n) is 14.6. The van der Waals surface area contributed by atoms with Crippen LogP contribution < -0.4 is 5.43 Å². The van der Waals surface area contributed by atoms with E-state index in [4.69, 9.17) is 0 Å². The first-order chi connectivity index (χ1) is 12.3. The number of hydrogen-bond donors (Lipinski definition) is 1. The second-order valence-corrected chi connectivity index (χ2v) is 6.67. The van der Waals surface area contributed by atoms with Gasteiger partial charge in [0.2, 0.25) is 0 Å². The van der Waals surface area contributed by atoms with Gasteiger partial charge in [-0.3, -0.25) is 25.7 Å². The van der Waals surface area contributed by atoms with Crippen LogP contribution in [0, 0.1) is 25.6 Å². The third-order valence-corrected chi connectivity index (χ3v) is 3.83. The van der Waals surface area contributed by atoms with Crippen molar-refractivity contribution in [1.29, 1.82) is 0 Å². The van der Waals surface area contributed by atoms with Crippen LogP contribution in [0.3, 0.4) is 0 Å². The fraction of sp³-hybridized carbons (Fsp3) is 0.278. The second-order valence-electron chi connectivity index (χ2n) is 6.67. The van der Waals surface area contributed by atoms with E-state index >= 15 is 0 Å². The molecule has 0 aliphatic rings. The number of nitro groups is 2. The molecule has 0 saturated heterocycles. The minimum atomic E-state index is -0.676. The number of benzene rings is 2. The molecular weight excluding hydrogens is 336 g/mol. The van der Waals surface area contributed by atoms with E-state index in [1.165, 1.54) is 17.7 Å². The summed E-state index contributed by atoms with van der Waals surface area (Å²) in [5.74, 6) is 0. The quantitative estimate of drug-likeness (QED) is 0.423. The molecule has 0 spiro atoms. The summed E-state index contributed by atoms with van der Waals surface area (Å²) < 4.78 is 0.